The first-order valence-corrected chi connectivity index (χ1v) is 8.49. The quantitative estimate of drug-likeness (QED) is 0.608. The van der Waals surface area contributed by atoms with E-state index in [2.05, 4.69) is 25.9 Å². The van der Waals surface area contributed by atoms with Crippen LogP contribution in [0.2, 0.25) is 0 Å². The number of hydrogen-bond acceptors (Lipinski definition) is 5. The van der Waals surface area contributed by atoms with Gasteiger partial charge in [0.25, 0.3) is 0 Å². The molecule has 0 atom stereocenters. The van der Waals surface area contributed by atoms with Crippen molar-refractivity contribution in [2.45, 2.75) is 20.4 Å². The van der Waals surface area contributed by atoms with Gasteiger partial charge in [-0.3, -0.25) is 4.79 Å². The molecule has 0 aliphatic rings. The Bertz CT molecular complexity index is 858. The Kier molecular flexibility index (Phi) is 5.48. The number of nitrogens with one attached hydrogen (secondary N) is 3. The van der Waals surface area contributed by atoms with Crippen molar-refractivity contribution in [3.63, 3.8) is 0 Å². The molecule has 0 bridgehead atoms. The van der Waals surface area contributed by atoms with Gasteiger partial charge in [-0.15, -0.1) is 0 Å². The molecule has 2 heterocycles. The number of carbonyl (C=O) groups excluding carboxylic acids is 1. The van der Waals surface area contributed by atoms with E-state index < -0.39 is 0 Å². The van der Waals surface area contributed by atoms with Gasteiger partial charge in [-0.25, -0.2) is 9.97 Å². The maximum Gasteiger partial charge on any atom is 0.244 e. The van der Waals surface area contributed by atoms with Gasteiger partial charge in [-0.1, -0.05) is 0 Å². The highest BCUT2D eigenvalue weighted by Crippen LogP contribution is 2.19. The second-order valence-corrected chi connectivity index (χ2v) is 5.82. The molecule has 3 aromatic rings. The second kappa shape index (κ2) is 8.15. The SMILES string of the molecule is CCNc1cc(Nc2ccc(NC(=O)Cn3cccc3)cc2)nc(C)n1. The van der Waals surface area contributed by atoms with Crippen LogP contribution in [0.4, 0.5) is 23.0 Å². The number of nitrogens with zero attached hydrogens (tertiary/aromatic N) is 3. The lowest BCUT2D eigenvalue weighted by atomic mass is 10.2. The number of rotatable bonds is 7. The Labute approximate surface area is 152 Å². The Morgan fingerprint density at radius 2 is 1.69 bits per heavy atom. The van der Waals surface area contributed by atoms with Crippen LogP contribution >= 0.6 is 0 Å². The van der Waals surface area contributed by atoms with Gasteiger partial charge in [0.2, 0.25) is 5.91 Å². The van der Waals surface area contributed by atoms with E-state index in [4.69, 9.17) is 0 Å². The molecular formula is C19H22N6O. The van der Waals surface area contributed by atoms with E-state index >= 15 is 0 Å². The van der Waals surface area contributed by atoms with Crippen LogP contribution in [0.1, 0.15) is 12.7 Å². The number of anilines is 4. The highest BCUT2D eigenvalue weighted by molar-refractivity contribution is 5.90. The average molecular weight is 350 g/mol. The molecule has 0 saturated heterocycles. The minimum atomic E-state index is -0.0661. The fraction of sp³-hybridized carbons (Fsp3) is 0.211. The molecule has 26 heavy (non-hydrogen) atoms. The van der Waals surface area contributed by atoms with Gasteiger partial charge in [0, 0.05) is 36.4 Å². The van der Waals surface area contributed by atoms with E-state index in [1.165, 1.54) is 0 Å². The summed E-state index contributed by atoms with van der Waals surface area (Å²) in [7, 11) is 0. The number of aromatic nitrogens is 3. The fourth-order valence-electron chi connectivity index (χ4n) is 2.53. The summed E-state index contributed by atoms with van der Waals surface area (Å²) >= 11 is 0. The predicted molar refractivity (Wildman–Crippen MR) is 104 cm³/mol. The molecule has 2 aromatic heterocycles. The van der Waals surface area contributed by atoms with Gasteiger partial charge in [0.05, 0.1) is 0 Å². The summed E-state index contributed by atoms with van der Waals surface area (Å²) in [5.41, 5.74) is 1.63. The number of amides is 1. The molecule has 0 unspecified atom stereocenters. The molecule has 0 radical (unpaired) electrons. The number of aryl methyl sites for hydroxylation is 1. The molecule has 0 saturated carbocycles. The molecule has 3 N–H and O–H groups in total. The van der Waals surface area contributed by atoms with Crippen molar-refractivity contribution in [1.29, 1.82) is 0 Å². The predicted octanol–water partition coefficient (Wildman–Crippen LogP) is 3.40. The van der Waals surface area contributed by atoms with E-state index in [-0.39, 0.29) is 5.91 Å². The molecule has 3 rings (SSSR count). The zero-order chi connectivity index (χ0) is 18.4. The summed E-state index contributed by atoms with van der Waals surface area (Å²) in [4.78, 5) is 20.7. The van der Waals surface area contributed by atoms with E-state index in [0.717, 1.165) is 29.6 Å². The van der Waals surface area contributed by atoms with Crippen molar-refractivity contribution < 1.29 is 4.79 Å². The molecule has 0 fully saturated rings. The first-order valence-electron chi connectivity index (χ1n) is 8.49. The third-order valence-electron chi connectivity index (χ3n) is 3.63. The van der Waals surface area contributed by atoms with Crippen LogP contribution in [-0.2, 0) is 11.3 Å². The van der Waals surface area contributed by atoms with E-state index in [9.17, 15) is 4.79 Å². The first kappa shape index (κ1) is 17.5. The maximum atomic E-state index is 12.0. The highest BCUT2D eigenvalue weighted by Gasteiger charge is 2.05. The molecule has 7 heteroatoms. The smallest absolute Gasteiger partial charge is 0.244 e. The van der Waals surface area contributed by atoms with Crippen molar-refractivity contribution in [1.82, 2.24) is 14.5 Å². The standard InChI is InChI=1S/C19H22N6O/c1-3-20-17-12-18(22-14(2)21-17)23-15-6-8-16(9-7-15)24-19(26)13-25-10-4-5-11-25/h4-12H,3,13H2,1-2H3,(H,24,26)(H2,20,21,22,23). The van der Waals surface area contributed by atoms with Gasteiger partial charge in [-0.2, -0.15) is 0 Å². The number of benzene rings is 1. The average Bonchev–Trinajstić information content (AvgIpc) is 3.09. The summed E-state index contributed by atoms with van der Waals surface area (Å²) in [5, 5.41) is 9.32. The number of hydrogen-bond donors (Lipinski definition) is 3. The Hall–Kier alpha value is -3.35. The van der Waals surface area contributed by atoms with Crippen LogP contribution in [0.25, 0.3) is 0 Å². The molecule has 7 nitrogen and oxygen atoms in total. The minimum Gasteiger partial charge on any atom is -0.370 e. The van der Waals surface area contributed by atoms with Crippen molar-refractivity contribution in [2.75, 3.05) is 22.5 Å². The lowest BCUT2D eigenvalue weighted by Gasteiger charge is -2.10. The van der Waals surface area contributed by atoms with Crippen LogP contribution in [0.5, 0.6) is 0 Å². The highest BCUT2D eigenvalue weighted by atomic mass is 16.1. The topological polar surface area (TPSA) is 83.9 Å². The normalized spacial score (nSPS) is 10.4. The van der Waals surface area contributed by atoms with Gasteiger partial charge < -0.3 is 20.5 Å². The van der Waals surface area contributed by atoms with E-state index in [1.54, 1.807) is 0 Å². The molecule has 1 amide bonds. The Morgan fingerprint density at radius 1 is 1.04 bits per heavy atom. The number of carbonyl (C=O) groups is 1. The van der Waals surface area contributed by atoms with Gasteiger partial charge in [0.1, 0.15) is 24.0 Å². The summed E-state index contributed by atoms with van der Waals surface area (Å²) in [6.45, 7) is 4.97. The molecular weight excluding hydrogens is 328 g/mol. The van der Waals surface area contributed by atoms with Crippen LogP contribution in [-0.4, -0.2) is 27.0 Å². The molecule has 134 valence electrons. The Balaban J connectivity index is 1.61. The van der Waals surface area contributed by atoms with Gasteiger partial charge >= 0.3 is 0 Å². The molecule has 0 aliphatic carbocycles. The van der Waals surface area contributed by atoms with Crippen molar-refractivity contribution >= 4 is 28.9 Å². The van der Waals surface area contributed by atoms with Crippen molar-refractivity contribution in [3.05, 3.63) is 60.7 Å². The van der Waals surface area contributed by atoms with Gasteiger partial charge in [0.15, 0.2) is 0 Å². The third kappa shape index (κ3) is 4.83. The third-order valence-corrected chi connectivity index (χ3v) is 3.63. The maximum absolute atomic E-state index is 12.0. The molecule has 0 spiro atoms. The lowest BCUT2D eigenvalue weighted by Crippen LogP contribution is -2.17. The lowest BCUT2D eigenvalue weighted by molar-refractivity contribution is -0.116. The first-order chi connectivity index (χ1) is 12.6. The summed E-state index contributed by atoms with van der Waals surface area (Å²) in [5.74, 6) is 2.14. The van der Waals surface area contributed by atoms with Crippen LogP contribution in [0.3, 0.4) is 0 Å². The molecule has 0 aliphatic heterocycles. The minimum absolute atomic E-state index is 0.0661. The fourth-order valence-corrected chi connectivity index (χ4v) is 2.53. The summed E-state index contributed by atoms with van der Waals surface area (Å²) in [6.07, 6.45) is 3.72. The second-order valence-electron chi connectivity index (χ2n) is 5.82. The van der Waals surface area contributed by atoms with Crippen molar-refractivity contribution in [2.24, 2.45) is 0 Å². The van der Waals surface area contributed by atoms with E-state index in [1.807, 2.05) is 73.3 Å². The van der Waals surface area contributed by atoms with Crippen LogP contribution in [0, 0.1) is 6.92 Å². The van der Waals surface area contributed by atoms with Crippen LogP contribution < -0.4 is 16.0 Å². The summed E-state index contributed by atoms with van der Waals surface area (Å²) < 4.78 is 1.82. The zero-order valence-corrected chi connectivity index (χ0v) is 14.9. The summed E-state index contributed by atoms with van der Waals surface area (Å²) in [6, 6.07) is 13.2. The zero-order valence-electron chi connectivity index (χ0n) is 14.9. The van der Waals surface area contributed by atoms with E-state index in [0.29, 0.717) is 12.4 Å². The molecule has 1 aromatic carbocycles. The van der Waals surface area contributed by atoms with Crippen LogP contribution in [0.15, 0.2) is 54.9 Å². The Morgan fingerprint density at radius 3 is 2.38 bits per heavy atom. The van der Waals surface area contributed by atoms with Gasteiger partial charge in [-0.05, 0) is 50.2 Å². The largest absolute Gasteiger partial charge is 0.370 e. The van der Waals surface area contributed by atoms with Crippen molar-refractivity contribution in [3.8, 4) is 0 Å². The monoisotopic (exact) mass is 350 g/mol.